The zero-order valence-electron chi connectivity index (χ0n) is 14.8. The van der Waals surface area contributed by atoms with Crippen LogP contribution in [0.15, 0.2) is 53.7 Å². The first kappa shape index (κ1) is 18.7. The third-order valence-electron chi connectivity index (χ3n) is 3.84. The maximum atomic E-state index is 12.1. The molecule has 0 saturated heterocycles. The molecule has 0 aliphatic rings. The molecule has 0 atom stereocenters. The summed E-state index contributed by atoms with van der Waals surface area (Å²) in [5.74, 6) is 1.18. The lowest BCUT2D eigenvalue weighted by Gasteiger charge is -2.12. The molecule has 1 aromatic carbocycles. The Balaban J connectivity index is 1.44. The molecule has 3 N–H and O–H groups in total. The number of hydrogen-bond acceptors (Lipinski definition) is 4. The van der Waals surface area contributed by atoms with Crippen molar-refractivity contribution in [2.45, 2.75) is 6.54 Å². The van der Waals surface area contributed by atoms with Crippen molar-refractivity contribution in [3.63, 3.8) is 0 Å². The molecule has 0 fully saturated rings. The van der Waals surface area contributed by atoms with Gasteiger partial charge in [0.25, 0.3) is 5.91 Å². The lowest BCUT2D eigenvalue weighted by atomic mass is 10.2. The van der Waals surface area contributed by atoms with E-state index in [9.17, 15) is 4.79 Å². The number of nitrogens with zero attached hydrogens (tertiary/aromatic N) is 4. The van der Waals surface area contributed by atoms with Crippen molar-refractivity contribution in [3.8, 4) is 0 Å². The summed E-state index contributed by atoms with van der Waals surface area (Å²) in [5, 5.41) is 17.8. The number of aliphatic imine (C=N–C) groups is 1. The topological polar surface area (TPSA) is 95.7 Å². The van der Waals surface area contributed by atoms with Gasteiger partial charge in [0.05, 0.1) is 17.1 Å². The number of halogens is 1. The first-order valence-electron chi connectivity index (χ1n) is 8.45. The smallest absolute Gasteiger partial charge is 0.252 e. The van der Waals surface area contributed by atoms with Crippen molar-refractivity contribution in [2.75, 3.05) is 20.1 Å². The second-order valence-corrected chi connectivity index (χ2v) is 6.04. The Hall–Kier alpha value is -3.13. The van der Waals surface area contributed by atoms with Crippen LogP contribution in [-0.4, -0.2) is 46.6 Å². The number of carbonyl (C=O) groups excluding carboxylic acids is 1. The molecular weight excluding hydrogens is 366 g/mol. The van der Waals surface area contributed by atoms with Gasteiger partial charge >= 0.3 is 0 Å². The lowest BCUT2D eigenvalue weighted by molar-refractivity contribution is 0.0954. The van der Waals surface area contributed by atoms with Crippen molar-refractivity contribution in [2.24, 2.45) is 4.99 Å². The van der Waals surface area contributed by atoms with Crippen LogP contribution in [0, 0.1) is 0 Å². The summed E-state index contributed by atoms with van der Waals surface area (Å²) >= 11 is 6.02. The highest BCUT2D eigenvalue weighted by molar-refractivity contribution is 6.33. The Morgan fingerprint density at radius 1 is 1.07 bits per heavy atom. The van der Waals surface area contributed by atoms with Crippen LogP contribution in [-0.2, 0) is 6.54 Å². The molecule has 0 bridgehead atoms. The van der Waals surface area contributed by atoms with E-state index in [0.717, 1.165) is 11.5 Å². The zero-order valence-corrected chi connectivity index (χ0v) is 15.6. The number of rotatable bonds is 6. The van der Waals surface area contributed by atoms with Gasteiger partial charge in [-0.15, -0.1) is 10.2 Å². The van der Waals surface area contributed by atoms with E-state index < -0.39 is 0 Å². The van der Waals surface area contributed by atoms with Crippen LogP contribution in [0.1, 0.15) is 16.2 Å². The van der Waals surface area contributed by atoms with Gasteiger partial charge in [0.15, 0.2) is 17.4 Å². The number of pyridine rings is 1. The highest BCUT2D eigenvalue weighted by Gasteiger charge is 2.09. The van der Waals surface area contributed by atoms with Crippen LogP contribution in [0.4, 0.5) is 0 Å². The number of nitrogens with one attached hydrogen (secondary N) is 3. The van der Waals surface area contributed by atoms with E-state index >= 15 is 0 Å². The predicted molar refractivity (Wildman–Crippen MR) is 105 cm³/mol. The maximum absolute atomic E-state index is 12.1. The summed E-state index contributed by atoms with van der Waals surface area (Å²) in [7, 11) is 1.68. The summed E-state index contributed by atoms with van der Waals surface area (Å²) in [4.78, 5) is 16.3. The molecule has 140 valence electrons. The molecule has 0 aliphatic heterocycles. The fourth-order valence-corrected chi connectivity index (χ4v) is 2.71. The van der Waals surface area contributed by atoms with E-state index in [1.165, 1.54) is 0 Å². The van der Waals surface area contributed by atoms with Crippen LogP contribution < -0.4 is 16.0 Å². The number of hydrogen-bond donors (Lipinski definition) is 3. The number of fused-ring (bicyclic) bond motifs is 1. The average Bonchev–Trinajstić information content (AvgIpc) is 3.11. The van der Waals surface area contributed by atoms with Crippen LogP contribution >= 0.6 is 11.6 Å². The third kappa shape index (κ3) is 4.73. The van der Waals surface area contributed by atoms with Gasteiger partial charge in [-0.25, -0.2) is 0 Å². The molecule has 0 aliphatic carbocycles. The summed E-state index contributed by atoms with van der Waals surface area (Å²) < 4.78 is 1.91. The monoisotopic (exact) mass is 385 g/mol. The molecule has 9 heteroatoms. The molecule has 0 radical (unpaired) electrons. The van der Waals surface area contributed by atoms with Gasteiger partial charge in [0.2, 0.25) is 0 Å². The van der Waals surface area contributed by atoms with Gasteiger partial charge in [-0.2, -0.15) is 0 Å². The first-order chi connectivity index (χ1) is 13.2. The quantitative estimate of drug-likeness (QED) is 0.339. The Morgan fingerprint density at radius 3 is 2.67 bits per heavy atom. The Labute approximate surface area is 161 Å². The van der Waals surface area contributed by atoms with Gasteiger partial charge in [-0.3, -0.25) is 14.2 Å². The number of aromatic nitrogens is 3. The minimum absolute atomic E-state index is 0.208. The lowest BCUT2D eigenvalue weighted by Crippen LogP contribution is -2.41. The highest BCUT2D eigenvalue weighted by Crippen LogP contribution is 2.14. The number of guanidine groups is 1. The fraction of sp³-hybridized carbons (Fsp3) is 0.222. The van der Waals surface area contributed by atoms with Crippen molar-refractivity contribution < 1.29 is 4.79 Å². The van der Waals surface area contributed by atoms with Crippen molar-refractivity contribution >= 4 is 29.1 Å². The Kier molecular flexibility index (Phi) is 6.22. The normalized spacial score (nSPS) is 11.4. The summed E-state index contributed by atoms with van der Waals surface area (Å²) in [6.07, 6.45) is 1.91. The molecule has 0 unspecified atom stereocenters. The SMILES string of the molecule is CN=C(NCCNC(=O)c1ccccc1Cl)NCc1nnc2ccccn12. The molecule has 0 saturated carbocycles. The van der Waals surface area contributed by atoms with Gasteiger partial charge in [0, 0.05) is 26.3 Å². The Morgan fingerprint density at radius 2 is 1.85 bits per heavy atom. The predicted octanol–water partition coefficient (Wildman–Crippen LogP) is 1.48. The van der Waals surface area contributed by atoms with Gasteiger partial charge in [-0.05, 0) is 24.3 Å². The molecule has 2 heterocycles. The van der Waals surface area contributed by atoms with Crippen molar-refractivity contribution in [1.29, 1.82) is 0 Å². The second-order valence-electron chi connectivity index (χ2n) is 5.63. The second kappa shape index (κ2) is 9.00. The molecule has 1 amide bonds. The molecule has 0 spiro atoms. The number of amides is 1. The number of carbonyl (C=O) groups is 1. The zero-order chi connectivity index (χ0) is 19.1. The highest BCUT2D eigenvalue weighted by atomic mass is 35.5. The molecule has 3 aromatic rings. The minimum atomic E-state index is -0.208. The van der Waals surface area contributed by atoms with E-state index in [-0.39, 0.29) is 5.91 Å². The fourth-order valence-electron chi connectivity index (χ4n) is 2.49. The first-order valence-corrected chi connectivity index (χ1v) is 8.82. The average molecular weight is 386 g/mol. The van der Waals surface area contributed by atoms with Crippen LogP contribution in [0.3, 0.4) is 0 Å². The summed E-state index contributed by atoms with van der Waals surface area (Å²) in [5.41, 5.74) is 1.25. The van der Waals surface area contributed by atoms with Crippen LogP contribution in [0.5, 0.6) is 0 Å². The minimum Gasteiger partial charge on any atom is -0.355 e. The third-order valence-corrected chi connectivity index (χ3v) is 4.17. The van der Waals surface area contributed by atoms with Crippen LogP contribution in [0.25, 0.3) is 5.65 Å². The van der Waals surface area contributed by atoms with Gasteiger partial charge in [-0.1, -0.05) is 29.8 Å². The molecule has 2 aromatic heterocycles. The largest absolute Gasteiger partial charge is 0.355 e. The van der Waals surface area contributed by atoms with Gasteiger partial charge < -0.3 is 16.0 Å². The van der Waals surface area contributed by atoms with Crippen LogP contribution in [0.2, 0.25) is 5.02 Å². The molecule has 8 nitrogen and oxygen atoms in total. The van der Waals surface area contributed by atoms with Crippen molar-refractivity contribution in [1.82, 2.24) is 30.5 Å². The van der Waals surface area contributed by atoms with Gasteiger partial charge in [0.1, 0.15) is 0 Å². The van der Waals surface area contributed by atoms with E-state index in [4.69, 9.17) is 11.6 Å². The van der Waals surface area contributed by atoms with E-state index in [1.807, 2.05) is 28.8 Å². The summed E-state index contributed by atoms with van der Waals surface area (Å²) in [6, 6.07) is 12.7. The van der Waals surface area contributed by atoms with E-state index in [0.29, 0.717) is 36.2 Å². The van der Waals surface area contributed by atoms with E-state index in [2.05, 4.69) is 31.1 Å². The molecule has 3 rings (SSSR count). The maximum Gasteiger partial charge on any atom is 0.252 e. The molecular formula is C18H20ClN7O. The number of benzene rings is 1. The Bertz CT molecular complexity index is 954. The van der Waals surface area contributed by atoms with E-state index in [1.54, 1.807) is 31.3 Å². The summed E-state index contributed by atoms with van der Waals surface area (Å²) in [6.45, 7) is 1.41. The standard InChI is InChI=1S/C18H20ClN7O/c1-20-18(23-12-16-25-24-15-8-4-5-11-26(15)16)22-10-9-21-17(27)13-6-2-3-7-14(13)19/h2-8,11H,9-10,12H2,1H3,(H,21,27)(H2,20,22,23). The van der Waals surface area contributed by atoms with Crippen molar-refractivity contribution in [3.05, 3.63) is 65.1 Å². The molecule has 27 heavy (non-hydrogen) atoms.